The second kappa shape index (κ2) is 5.37. The normalized spacial score (nSPS) is 11.3. The maximum absolute atomic E-state index is 12.2. The summed E-state index contributed by atoms with van der Waals surface area (Å²) in [4.78, 5) is 1.91. The van der Waals surface area contributed by atoms with E-state index in [4.69, 9.17) is 0 Å². The van der Waals surface area contributed by atoms with Gasteiger partial charge in [-0.25, -0.2) is 0 Å². The van der Waals surface area contributed by atoms with Crippen LogP contribution in [0.2, 0.25) is 0 Å². The summed E-state index contributed by atoms with van der Waals surface area (Å²) in [7, 11) is 3.75. The predicted molar refractivity (Wildman–Crippen MR) is 56.1 cm³/mol. The molecule has 1 aromatic rings. The third kappa shape index (κ3) is 4.53. The van der Waals surface area contributed by atoms with Gasteiger partial charge in [0.2, 0.25) is 0 Å². The van der Waals surface area contributed by atoms with Crippen LogP contribution in [0, 0.1) is 0 Å². The monoisotopic (exact) mass is 239 g/mol. The lowest BCUT2D eigenvalue weighted by molar-refractivity contribution is -0.137. The Hall–Kier alpha value is -0.740. The Balaban J connectivity index is 0.00000196. The summed E-state index contributed by atoms with van der Waals surface area (Å²) in [5.41, 5.74) is 0.281. The van der Waals surface area contributed by atoms with Crippen LogP contribution in [0.5, 0.6) is 0 Å². The molecule has 0 bridgehead atoms. The van der Waals surface area contributed by atoms with Crippen molar-refractivity contribution in [3.05, 3.63) is 35.4 Å². The summed E-state index contributed by atoms with van der Waals surface area (Å²) in [5.74, 6) is 0. The highest BCUT2D eigenvalue weighted by molar-refractivity contribution is 5.85. The van der Waals surface area contributed by atoms with Crippen molar-refractivity contribution in [2.75, 3.05) is 14.1 Å². The summed E-state index contributed by atoms with van der Waals surface area (Å²) < 4.78 is 36.5. The molecule has 0 heterocycles. The van der Waals surface area contributed by atoms with Crippen molar-refractivity contribution >= 4 is 12.4 Å². The first kappa shape index (κ1) is 14.3. The van der Waals surface area contributed by atoms with Gasteiger partial charge in [0, 0.05) is 6.54 Å². The van der Waals surface area contributed by atoms with Crippen molar-refractivity contribution in [2.45, 2.75) is 12.7 Å². The average Bonchev–Trinajstić information content (AvgIpc) is 2.02. The molecule has 0 unspecified atom stereocenters. The molecule has 0 aliphatic heterocycles. The van der Waals surface area contributed by atoms with E-state index in [1.165, 1.54) is 12.1 Å². The molecule has 0 radical (unpaired) electrons. The number of hydrogen-bond donors (Lipinski definition) is 0. The van der Waals surface area contributed by atoms with Crippen LogP contribution < -0.4 is 0 Å². The van der Waals surface area contributed by atoms with E-state index in [9.17, 15) is 13.2 Å². The number of hydrogen-bond acceptors (Lipinski definition) is 1. The summed E-state index contributed by atoms with van der Waals surface area (Å²) in [6.07, 6.45) is -4.24. The number of rotatable bonds is 2. The Morgan fingerprint density at radius 2 is 1.53 bits per heavy atom. The molecule has 0 atom stereocenters. The molecule has 0 saturated carbocycles. The van der Waals surface area contributed by atoms with Crippen LogP contribution in [-0.2, 0) is 12.7 Å². The van der Waals surface area contributed by atoms with Crippen LogP contribution in [0.4, 0.5) is 13.2 Å². The fourth-order valence-corrected chi connectivity index (χ4v) is 1.16. The Labute approximate surface area is 93.3 Å². The molecule has 0 aliphatic carbocycles. The molecule has 0 amide bonds. The number of nitrogens with zero attached hydrogens (tertiary/aromatic N) is 1. The number of benzene rings is 1. The summed E-state index contributed by atoms with van der Waals surface area (Å²) in [6, 6.07) is 5.23. The predicted octanol–water partition coefficient (Wildman–Crippen LogP) is 3.19. The van der Waals surface area contributed by atoms with Crippen molar-refractivity contribution < 1.29 is 13.2 Å². The quantitative estimate of drug-likeness (QED) is 0.766. The van der Waals surface area contributed by atoms with Crippen molar-refractivity contribution in [3.8, 4) is 0 Å². The van der Waals surface area contributed by atoms with E-state index in [1.54, 1.807) is 0 Å². The maximum atomic E-state index is 12.2. The lowest BCUT2D eigenvalue weighted by Crippen LogP contribution is -2.11. The van der Waals surface area contributed by atoms with Gasteiger partial charge < -0.3 is 4.90 Å². The third-order valence-corrected chi connectivity index (χ3v) is 1.78. The molecule has 0 fully saturated rings. The Morgan fingerprint density at radius 1 is 1.07 bits per heavy atom. The standard InChI is InChI=1S/C10H12F3N.ClH/c1-14(2)7-8-3-5-9(6-4-8)10(11,12)13;/h3-6H,7H2,1-2H3;1H. The first-order valence-corrected chi connectivity index (χ1v) is 4.20. The van der Waals surface area contributed by atoms with E-state index in [1.807, 2.05) is 19.0 Å². The van der Waals surface area contributed by atoms with E-state index in [-0.39, 0.29) is 12.4 Å². The lowest BCUT2D eigenvalue weighted by Gasteiger charge is -2.11. The second-order valence-corrected chi connectivity index (χ2v) is 3.43. The molecule has 0 spiro atoms. The molecule has 0 saturated heterocycles. The molecule has 1 nitrogen and oxygen atoms in total. The Bertz CT molecular complexity index is 293. The highest BCUT2D eigenvalue weighted by Gasteiger charge is 2.29. The minimum atomic E-state index is -4.24. The third-order valence-electron chi connectivity index (χ3n) is 1.78. The molecule has 1 rings (SSSR count). The van der Waals surface area contributed by atoms with E-state index in [0.29, 0.717) is 6.54 Å². The topological polar surface area (TPSA) is 3.24 Å². The van der Waals surface area contributed by atoms with Gasteiger partial charge in [0.1, 0.15) is 0 Å². The van der Waals surface area contributed by atoms with Gasteiger partial charge in [-0.05, 0) is 31.8 Å². The molecule has 86 valence electrons. The zero-order valence-corrected chi connectivity index (χ0v) is 9.32. The largest absolute Gasteiger partial charge is 0.416 e. The van der Waals surface area contributed by atoms with E-state index in [2.05, 4.69) is 0 Å². The SMILES string of the molecule is CN(C)Cc1ccc(C(F)(F)F)cc1.Cl. The van der Waals surface area contributed by atoms with Crippen molar-refractivity contribution in [1.82, 2.24) is 4.90 Å². The van der Waals surface area contributed by atoms with Crippen molar-refractivity contribution in [1.29, 1.82) is 0 Å². The van der Waals surface area contributed by atoms with E-state index in [0.717, 1.165) is 17.7 Å². The van der Waals surface area contributed by atoms with Crippen molar-refractivity contribution in [3.63, 3.8) is 0 Å². The molecule has 15 heavy (non-hydrogen) atoms. The van der Waals surface area contributed by atoms with Gasteiger partial charge in [0.05, 0.1) is 5.56 Å². The van der Waals surface area contributed by atoms with Crippen LogP contribution in [-0.4, -0.2) is 19.0 Å². The van der Waals surface area contributed by atoms with Gasteiger partial charge in [0.25, 0.3) is 0 Å². The zero-order valence-electron chi connectivity index (χ0n) is 8.51. The molecule has 0 aromatic heterocycles. The molecule has 1 aromatic carbocycles. The molecular formula is C10H13ClF3N. The molecule has 0 N–H and O–H groups in total. The second-order valence-electron chi connectivity index (χ2n) is 3.43. The average molecular weight is 240 g/mol. The van der Waals surface area contributed by atoms with E-state index < -0.39 is 11.7 Å². The summed E-state index contributed by atoms with van der Waals surface area (Å²) in [6.45, 7) is 0.651. The van der Waals surface area contributed by atoms with Crippen LogP contribution in [0.1, 0.15) is 11.1 Å². The van der Waals surface area contributed by atoms with E-state index >= 15 is 0 Å². The fourth-order valence-electron chi connectivity index (χ4n) is 1.16. The van der Waals surface area contributed by atoms with Gasteiger partial charge in [-0.2, -0.15) is 13.2 Å². The summed E-state index contributed by atoms with van der Waals surface area (Å²) >= 11 is 0. The zero-order chi connectivity index (χ0) is 10.8. The Kier molecular flexibility index (Phi) is 5.11. The minimum absolute atomic E-state index is 0. The van der Waals surface area contributed by atoms with Crippen LogP contribution >= 0.6 is 12.4 Å². The lowest BCUT2D eigenvalue weighted by atomic mass is 10.1. The van der Waals surface area contributed by atoms with Crippen LogP contribution in [0.15, 0.2) is 24.3 Å². The number of alkyl halides is 3. The maximum Gasteiger partial charge on any atom is 0.416 e. The molecule has 5 heteroatoms. The first-order valence-electron chi connectivity index (χ1n) is 4.20. The van der Waals surface area contributed by atoms with Gasteiger partial charge in [-0.1, -0.05) is 12.1 Å². The summed E-state index contributed by atoms with van der Waals surface area (Å²) in [5, 5.41) is 0. The Morgan fingerprint density at radius 3 is 1.87 bits per heavy atom. The van der Waals surface area contributed by atoms with Gasteiger partial charge >= 0.3 is 6.18 Å². The highest BCUT2D eigenvalue weighted by atomic mass is 35.5. The highest BCUT2D eigenvalue weighted by Crippen LogP contribution is 2.29. The van der Waals surface area contributed by atoms with Gasteiger partial charge in [0.15, 0.2) is 0 Å². The fraction of sp³-hybridized carbons (Fsp3) is 0.400. The first-order chi connectivity index (χ1) is 6.39. The van der Waals surface area contributed by atoms with Gasteiger partial charge in [-0.3, -0.25) is 0 Å². The van der Waals surface area contributed by atoms with Crippen molar-refractivity contribution in [2.24, 2.45) is 0 Å². The molecule has 0 aliphatic rings. The number of halogens is 4. The van der Waals surface area contributed by atoms with Crippen LogP contribution in [0.25, 0.3) is 0 Å². The van der Waals surface area contributed by atoms with Crippen LogP contribution in [0.3, 0.4) is 0 Å². The molecular weight excluding hydrogens is 227 g/mol. The van der Waals surface area contributed by atoms with Gasteiger partial charge in [-0.15, -0.1) is 12.4 Å². The smallest absolute Gasteiger partial charge is 0.305 e. The minimum Gasteiger partial charge on any atom is -0.305 e.